The number of nitrogens with one attached hydrogen (secondary N) is 1. The molecule has 2 heterocycles. The van der Waals surface area contributed by atoms with Gasteiger partial charge in [-0.05, 0) is 25.3 Å². The first-order chi connectivity index (χ1) is 12.7. The van der Waals surface area contributed by atoms with Crippen molar-refractivity contribution >= 4 is 6.03 Å². The number of rotatable bonds is 6. The third kappa shape index (κ3) is 5.97. The predicted molar refractivity (Wildman–Crippen MR) is 101 cm³/mol. The van der Waals surface area contributed by atoms with E-state index < -0.39 is 0 Å². The minimum atomic E-state index is 0.0484. The van der Waals surface area contributed by atoms with Crippen LogP contribution in [0.25, 0.3) is 0 Å². The van der Waals surface area contributed by atoms with Crippen LogP contribution in [0.4, 0.5) is 4.79 Å². The van der Waals surface area contributed by atoms with E-state index in [0.717, 1.165) is 58.8 Å². The van der Waals surface area contributed by atoms with E-state index >= 15 is 0 Å². The third-order valence-corrected chi connectivity index (χ3v) is 5.06. The van der Waals surface area contributed by atoms with Gasteiger partial charge in [-0.1, -0.05) is 30.3 Å². The predicted octanol–water partition coefficient (Wildman–Crippen LogP) is 2.10. The molecule has 2 amide bonds. The zero-order valence-corrected chi connectivity index (χ0v) is 15.7. The lowest BCUT2D eigenvalue weighted by Gasteiger charge is -2.34. The minimum Gasteiger partial charge on any atom is -0.379 e. The Kier molecular flexibility index (Phi) is 7.29. The maximum Gasteiger partial charge on any atom is 0.317 e. The van der Waals surface area contributed by atoms with E-state index in [9.17, 15) is 4.79 Å². The molecule has 0 aliphatic carbocycles. The molecular formula is C20H31N3O3. The number of nitrogens with zero attached hydrogens (tertiary/aromatic N) is 2. The number of carbonyl (C=O) groups excluding carboxylic acids is 1. The van der Waals surface area contributed by atoms with E-state index in [0.29, 0.717) is 6.61 Å². The van der Waals surface area contributed by atoms with Crippen molar-refractivity contribution in [1.29, 1.82) is 0 Å². The number of piperidine rings is 1. The van der Waals surface area contributed by atoms with E-state index in [1.807, 2.05) is 23.1 Å². The highest BCUT2D eigenvalue weighted by Crippen LogP contribution is 2.16. The Bertz CT molecular complexity index is 540. The van der Waals surface area contributed by atoms with E-state index in [2.05, 4.69) is 29.3 Å². The fraction of sp³-hybridized carbons (Fsp3) is 0.650. The second kappa shape index (κ2) is 9.90. The molecule has 1 aromatic rings. The quantitative estimate of drug-likeness (QED) is 0.843. The fourth-order valence-corrected chi connectivity index (χ4v) is 3.53. The topological polar surface area (TPSA) is 54.0 Å². The summed E-state index contributed by atoms with van der Waals surface area (Å²) in [6, 6.07) is 10.4. The van der Waals surface area contributed by atoms with Crippen molar-refractivity contribution < 1.29 is 14.3 Å². The lowest BCUT2D eigenvalue weighted by Crippen LogP contribution is -2.51. The number of likely N-dealkylation sites (tertiary alicyclic amines) is 1. The van der Waals surface area contributed by atoms with Crippen LogP contribution in [0.3, 0.4) is 0 Å². The average Bonchev–Trinajstić information content (AvgIpc) is 2.68. The van der Waals surface area contributed by atoms with Gasteiger partial charge in [-0.25, -0.2) is 4.79 Å². The molecule has 26 heavy (non-hydrogen) atoms. The normalized spacial score (nSPS) is 20.7. The summed E-state index contributed by atoms with van der Waals surface area (Å²) in [5, 5.41) is 3.13. The van der Waals surface area contributed by atoms with Crippen LogP contribution in [0, 0.1) is 0 Å². The first-order valence-corrected chi connectivity index (χ1v) is 9.72. The van der Waals surface area contributed by atoms with Gasteiger partial charge in [0.2, 0.25) is 0 Å². The number of carbonyl (C=O) groups is 1. The first kappa shape index (κ1) is 19.1. The summed E-state index contributed by atoms with van der Waals surface area (Å²) < 4.78 is 11.4. The fourth-order valence-electron chi connectivity index (χ4n) is 3.53. The lowest BCUT2D eigenvalue weighted by molar-refractivity contribution is 0.00402. The first-order valence-electron chi connectivity index (χ1n) is 9.72. The second-order valence-electron chi connectivity index (χ2n) is 7.25. The Morgan fingerprint density at radius 1 is 1.19 bits per heavy atom. The summed E-state index contributed by atoms with van der Waals surface area (Å²) in [5.74, 6) is 0. The lowest BCUT2D eigenvalue weighted by atomic mass is 10.1. The van der Waals surface area contributed by atoms with Gasteiger partial charge in [0.15, 0.2) is 0 Å². The molecule has 0 unspecified atom stereocenters. The number of hydrogen-bond donors (Lipinski definition) is 1. The highest BCUT2D eigenvalue weighted by atomic mass is 16.5. The molecule has 144 valence electrons. The Labute approximate surface area is 156 Å². The van der Waals surface area contributed by atoms with Crippen molar-refractivity contribution in [3.05, 3.63) is 35.9 Å². The van der Waals surface area contributed by atoms with Crippen LogP contribution in [0.2, 0.25) is 0 Å². The Hall–Kier alpha value is -1.63. The highest BCUT2D eigenvalue weighted by molar-refractivity contribution is 5.74. The van der Waals surface area contributed by atoms with Gasteiger partial charge >= 0.3 is 6.03 Å². The molecule has 6 nitrogen and oxygen atoms in total. The second-order valence-corrected chi connectivity index (χ2v) is 7.25. The Morgan fingerprint density at radius 2 is 1.88 bits per heavy atom. The molecule has 2 fully saturated rings. The zero-order valence-electron chi connectivity index (χ0n) is 15.7. The number of benzene rings is 1. The van der Waals surface area contributed by atoms with Gasteiger partial charge in [0.25, 0.3) is 0 Å². The summed E-state index contributed by atoms with van der Waals surface area (Å²) in [6.07, 6.45) is 2.04. The summed E-state index contributed by atoms with van der Waals surface area (Å²) in [4.78, 5) is 16.7. The van der Waals surface area contributed by atoms with E-state index in [1.54, 1.807) is 0 Å². The molecule has 2 saturated heterocycles. The van der Waals surface area contributed by atoms with Gasteiger partial charge in [-0.2, -0.15) is 0 Å². The van der Waals surface area contributed by atoms with E-state index in [4.69, 9.17) is 9.47 Å². The average molecular weight is 361 g/mol. The van der Waals surface area contributed by atoms with Crippen LogP contribution in [0.1, 0.15) is 25.3 Å². The van der Waals surface area contributed by atoms with Gasteiger partial charge in [0, 0.05) is 38.8 Å². The summed E-state index contributed by atoms with van der Waals surface area (Å²) in [5.41, 5.74) is 1.20. The molecule has 0 saturated carbocycles. The Morgan fingerprint density at radius 3 is 2.58 bits per heavy atom. The van der Waals surface area contributed by atoms with Crippen molar-refractivity contribution in [3.63, 3.8) is 0 Å². The van der Waals surface area contributed by atoms with Gasteiger partial charge < -0.3 is 19.7 Å². The molecule has 0 spiro atoms. The SMILES string of the molecule is C[C@H](CN1CCOCC1)NC(=O)N1CCC(OCc2ccccc2)CC1. The molecule has 1 aromatic carbocycles. The van der Waals surface area contributed by atoms with Crippen molar-refractivity contribution in [2.45, 2.75) is 38.5 Å². The van der Waals surface area contributed by atoms with Crippen LogP contribution >= 0.6 is 0 Å². The van der Waals surface area contributed by atoms with E-state index in [1.165, 1.54) is 5.56 Å². The number of hydrogen-bond acceptors (Lipinski definition) is 4. The number of amides is 2. The molecule has 0 aromatic heterocycles. The molecule has 2 aliphatic heterocycles. The number of ether oxygens (including phenoxy) is 2. The summed E-state index contributed by atoms with van der Waals surface area (Å²) >= 11 is 0. The minimum absolute atomic E-state index is 0.0484. The van der Waals surface area contributed by atoms with Crippen LogP contribution in [0.15, 0.2) is 30.3 Å². The van der Waals surface area contributed by atoms with Crippen LogP contribution in [-0.2, 0) is 16.1 Å². The van der Waals surface area contributed by atoms with Crippen molar-refractivity contribution in [2.24, 2.45) is 0 Å². The smallest absolute Gasteiger partial charge is 0.317 e. The van der Waals surface area contributed by atoms with Gasteiger partial charge in [0.05, 0.1) is 25.9 Å². The molecule has 0 bridgehead atoms. The largest absolute Gasteiger partial charge is 0.379 e. The standard InChI is InChI=1S/C20H31N3O3/c1-17(15-22-11-13-25-14-12-22)21-20(24)23-9-7-19(8-10-23)26-16-18-5-3-2-4-6-18/h2-6,17,19H,7-16H2,1H3,(H,21,24)/t17-/m1/s1. The Balaban J connectivity index is 1.33. The van der Waals surface area contributed by atoms with E-state index in [-0.39, 0.29) is 18.2 Å². The summed E-state index contributed by atoms with van der Waals surface area (Å²) in [6.45, 7) is 8.59. The summed E-state index contributed by atoms with van der Waals surface area (Å²) in [7, 11) is 0. The van der Waals surface area contributed by atoms with Crippen LogP contribution in [0.5, 0.6) is 0 Å². The molecular weight excluding hydrogens is 330 g/mol. The molecule has 0 radical (unpaired) electrons. The molecule has 6 heteroatoms. The van der Waals surface area contributed by atoms with Crippen LogP contribution in [-0.4, -0.2) is 73.9 Å². The molecule has 1 N–H and O–H groups in total. The highest BCUT2D eigenvalue weighted by Gasteiger charge is 2.24. The van der Waals surface area contributed by atoms with Crippen molar-refractivity contribution in [2.75, 3.05) is 45.9 Å². The number of urea groups is 1. The van der Waals surface area contributed by atoms with Gasteiger partial charge in [0.1, 0.15) is 0 Å². The molecule has 2 aliphatic rings. The van der Waals surface area contributed by atoms with Gasteiger partial charge in [-0.3, -0.25) is 4.90 Å². The maximum atomic E-state index is 12.5. The third-order valence-electron chi connectivity index (χ3n) is 5.06. The number of morpholine rings is 1. The maximum absolute atomic E-state index is 12.5. The van der Waals surface area contributed by atoms with Crippen molar-refractivity contribution in [1.82, 2.24) is 15.1 Å². The van der Waals surface area contributed by atoms with Crippen LogP contribution < -0.4 is 5.32 Å². The zero-order chi connectivity index (χ0) is 18.2. The molecule has 3 rings (SSSR count). The van der Waals surface area contributed by atoms with Gasteiger partial charge in [-0.15, -0.1) is 0 Å². The monoisotopic (exact) mass is 361 g/mol. The van der Waals surface area contributed by atoms with Crippen molar-refractivity contribution in [3.8, 4) is 0 Å². The molecule has 1 atom stereocenters.